The Bertz CT molecular complexity index is 405. The van der Waals surface area contributed by atoms with Gasteiger partial charge in [0, 0.05) is 12.2 Å². The Morgan fingerprint density at radius 3 is 2.72 bits per heavy atom. The fraction of sp³-hybridized carbons (Fsp3) is 0.500. The van der Waals surface area contributed by atoms with E-state index < -0.39 is 0 Å². The van der Waals surface area contributed by atoms with Crippen LogP contribution in [-0.2, 0) is 0 Å². The number of rotatable bonds is 7. The van der Waals surface area contributed by atoms with Crippen LogP contribution < -0.4 is 11.1 Å². The van der Waals surface area contributed by atoms with Gasteiger partial charge in [-0.15, -0.1) is 0 Å². The first-order valence-corrected chi connectivity index (χ1v) is 7.13. The van der Waals surface area contributed by atoms with E-state index in [0.29, 0.717) is 10.0 Å². The van der Waals surface area contributed by atoms with Crippen LogP contribution in [-0.4, -0.2) is 11.5 Å². The molecule has 0 amide bonds. The SMILES string of the molecule is CC(C)CCCCNc1cccc(Cl)c1C(N)=S. The Hall–Kier alpha value is -0.800. The summed E-state index contributed by atoms with van der Waals surface area (Å²) in [6, 6.07) is 5.67. The molecule has 2 nitrogen and oxygen atoms in total. The number of benzene rings is 1. The summed E-state index contributed by atoms with van der Waals surface area (Å²) in [5.74, 6) is 0.767. The summed E-state index contributed by atoms with van der Waals surface area (Å²) >= 11 is 11.1. The van der Waals surface area contributed by atoms with Crippen molar-refractivity contribution >= 4 is 34.5 Å². The third-order valence-electron chi connectivity index (χ3n) is 2.78. The number of anilines is 1. The summed E-state index contributed by atoms with van der Waals surface area (Å²) in [4.78, 5) is 0.338. The maximum Gasteiger partial charge on any atom is 0.107 e. The average molecular weight is 285 g/mol. The van der Waals surface area contributed by atoms with Crippen LogP contribution in [0.25, 0.3) is 0 Å². The van der Waals surface area contributed by atoms with Crippen LogP contribution in [0.1, 0.15) is 38.7 Å². The fourth-order valence-electron chi connectivity index (χ4n) is 1.82. The molecular formula is C14H21ClN2S. The Morgan fingerprint density at radius 1 is 1.39 bits per heavy atom. The lowest BCUT2D eigenvalue weighted by atomic mass is 10.1. The summed E-state index contributed by atoms with van der Waals surface area (Å²) in [6.45, 7) is 5.41. The monoisotopic (exact) mass is 284 g/mol. The largest absolute Gasteiger partial charge is 0.389 e. The van der Waals surface area contributed by atoms with Gasteiger partial charge in [0.2, 0.25) is 0 Å². The number of thiocarbonyl (C=S) groups is 1. The lowest BCUT2D eigenvalue weighted by molar-refractivity contribution is 0.545. The average Bonchev–Trinajstić information content (AvgIpc) is 2.27. The molecule has 0 unspecified atom stereocenters. The van der Waals surface area contributed by atoms with E-state index in [1.54, 1.807) is 6.07 Å². The van der Waals surface area contributed by atoms with E-state index in [9.17, 15) is 0 Å². The van der Waals surface area contributed by atoms with Crippen LogP contribution >= 0.6 is 23.8 Å². The van der Waals surface area contributed by atoms with Gasteiger partial charge in [0.05, 0.1) is 10.6 Å². The lowest BCUT2D eigenvalue weighted by Crippen LogP contribution is -2.14. The normalized spacial score (nSPS) is 10.7. The van der Waals surface area contributed by atoms with Crippen molar-refractivity contribution in [3.8, 4) is 0 Å². The lowest BCUT2D eigenvalue weighted by Gasteiger charge is -2.12. The van der Waals surface area contributed by atoms with E-state index in [4.69, 9.17) is 29.6 Å². The van der Waals surface area contributed by atoms with E-state index in [1.807, 2.05) is 12.1 Å². The first-order valence-electron chi connectivity index (χ1n) is 6.34. The minimum Gasteiger partial charge on any atom is -0.389 e. The first-order chi connectivity index (χ1) is 8.52. The summed E-state index contributed by atoms with van der Waals surface area (Å²) in [7, 11) is 0. The number of nitrogens with one attached hydrogen (secondary N) is 1. The summed E-state index contributed by atoms with van der Waals surface area (Å²) in [5, 5.41) is 3.96. The van der Waals surface area contributed by atoms with E-state index in [0.717, 1.165) is 30.1 Å². The highest BCUT2D eigenvalue weighted by atomic mass is 35.5. The van der Waals surface area contributed by atoms with Crippen molar-refractivity contribution in [3.05, 3.63) is 28.8 Å². The van der Waals surface area contributed by atoms with Gasteiger partial charge in [0.25, 0.3) is 0 Å². The van der Waals surface area contributed by atoms with Gasteiger partial charge in [-0.25, -0.2) is 0 Å². The van der Waals surface area contributed by atoms with Crippen LogP contribution in [0, 0.1) is 5.92 Å². The van der Waals surface area contributed by atoms with Gasteiger partial charge in [0.15, 0.2) is 0 Å². The molecule has 0 aliphatic rings. The molecule has 1 aromatic carbocycles. The van der Waals surface area contributed by atoms with Crippen molar-refractivity contribution in [3.63, 3.8) is 0 Å². The van der Waals surface area contributed by atoms with Crippen molar-refractivity contribution in [2.24, 2.45) is 11.7 Å². The van der Waals surface area contributed by atoms with Gasteiger partial charge in [-0.05, 0) is 24.5 Å². The molecule has 0 aliphatic heterocycles. The fourth-order valence-corrected chi connectivity index (χ4v) is 2.37. The van der Waals surface area contributed by atoms with Crippen LogP contribution in [0.5, 0.6) is 0 Å². The Labute approximate surface area is 120 Å². The highest BCUT2D eigenvalue weighted by Crippen LogP contribution is 2.24. The van der Waals surface area contributed by atoms with Gasteiger partial charge >= 0.3 is 0 Å². The van der Waals surface area contributed by atoms with Gasteiger partial charge in [-0.2, -0.15) is 0 Å². The molecule has 100 valence electrons. The van der Waals surface area contributed by atoms with E-state index in [1.165, 1.54) is 12.8 Å². The van der Waals surface area contributed by atoms with Crippen LogP contribution in [0.2, 0.25) is 5.02 Å². The Morgan fingerprint density at radius 2 is 2.11 bits per heavy atom. The zero-order valence-corrected chi connectivity index (χ0v) is 12.6. The molecule has 4 heteroatoms. The molecule has 1 aromatic rings. The highest BCUT2D eigenvalue weighted by Gasteiger charge is 2.08. The number of hydrogen-bond acceptors (Lipinski definition) is 2. The topological polar surface area (TPSA) is 38.0 Å². The standard InChI is InChI=1S/C14H21ClN2S/c1-10(2)6-3-4-9-17-12-8-5-7-11(15)13(12)14(16)18/h5,7-8,10,17H,3-4,6,9H2,1-2H3,(H2,16,18). The predicted octanol–water partition coefficient (Wildman–Crippen LogP) is 4.21. The number of halogens is 1. The molecule has 0 aliphatic carbocycles. The number of unbranched alkanes of at least 4 members (excludes halogenated alkanes) is 1. The molecule has 0 aromatic heterocycles. The van der Waals surface area contributed by atoms with Gasteiger partial charge in [0.1, 0.15) is 4.99 Å². The predicted molar refractivity (Wildman–Crippen MR) is 84.5 cm³/mol. The number of nitrogens with two attached hydrogens (primary N) is 1. The molecule has 3 N–H and O–H groups in total. The summed E-state index contributed by atoms with van der Waals surface area (Å²) < 4.78 is 0. The molecule has 0 heterocycles. The van der Waals surface area contributed by atoms with E-state index in [-0.39, 0.29) is 0 Å². The van der Waals surface area contributed by atoms with Crippen LogP contribution in [0.3, 0.4) is 0 Å². The molecule has 0 saturated heterocycles. The first kappa shape index (κ1) is 15.3. The molecule has 0 atom stereocenters. The third-order valence-corrected chi connectivity index (χ3v) is 3.30. The second-order valence-electron chi connectivity index (χ2n) is 4.84. The Balaban J connectivity index is 2.52. The Kier molecular flexibility index (Phi) is 6.44. The second-order valence-corrected chi connectivity index (χ2v) is 5.69. The van der Waals surface area contributed by atoms with E-state index in [2.05, 4.69) is 19.2 Å². The summed E-state index contributed by atoms with van der Waals surface area (Å²) in [6.07, 6.45) is 3.63. The highest BCUT2D eigenvalue weighted by molar-refractivity contribution is 7.80. The zero-order valence-electron chi connectivity index (χ0n) is 11.0. The van der Waals surface area contributed by atoms with Crippen molar-refractivity contribution in [1.82, 2.24) is 0 Å². The third kappa shape index (κ3) is 4.83. The minimum absolute atomic E-state index is 0.338. The maximum absolute atomic E-state index is 6.10. The smallest absolute Gasteiger partial charge is 0.107 e. The maximum atomic E-state index is 6.10. The second kappa shape index (κ2) is 7.59. The van der Waals surface area contributed by atoms with E-state index >= 15 is 0 Å². The molecule has 1 rings (SSSR count). The molecule has 18 heavy (non-hydrogen) atoms. The quantitative estimate of drug-likeness (QED) is 0.582. The molecule has 0 fully saturated rings. The summed E-state index contributed by atoms with van der Waals surface area (Å²) in [5.41, 5.74) is 7.37. The molecule has 0 radical (unpaired) electrons. The molecular weight excluding hydrogens is 264 g/mol. The van der Waals surface area contributed by atoms with Crippen LogP contribution in [0.15, 0.2) is 18.2 Å². The van der Waals surface area contributed by atoms with Crippen molar-refractivity contribution in [2.45, 2.75) is 33.1 Å². The van der Waals surface area contributed by atoms with Gasteiger partial charge in [-0.1, -0.05) is 56.6 Å². The molecule has 0 spiro atoms. The van der Waals surface area contributed by atoms with Gasteiger partial charge < -0.3 is 11.1 Å². The van der Waals surface area contributed by atoms with Crippen molar-refractivity contribution in [1.29, 1.82) is 0 Å². The van der Waals surface area contributed by atoms with Crippen molar-refractivity contribution in [2.75, 3.05) is 11.9 Å². The zero-order chi connectivity index (χ0) is 13.5. The molecule has 0 bridgehead atoms. The van der Waals surface area contributed by atoms with Crippen LogP contribution in [0.4, 0.5) is 5.69 Å². The minimum atomic E-state index is 0.338. The van der Waals surface area contributed by atoms with Crippen molar-refractivity contribution < 1.29 is 0 Å². The number of hydrogen-bond donors (Lipinski definition) is 2. The van der Waals surface area contributed by atoms with Gasteiger partial charge in [-0.3, -0.25) is 0 Å². The molecule has 0 saturated carbocycles.